The number of nitrogens with zero attached hydrogens (tertiary/aromatic N) is 1. The van der Waals surface area contributed by atoms with E-state index in [1.807, 2.05) is 0 Å². The third-order valence-electron chi connectivity index (χ3n) is 6.13. The van der Waals surface area contributed by atoms with Crippen LogP contribution in [0.25, 0.3) is 11.3 Å². The molecule has 4 rings (SSSR count). The molecule has 1 fully saturated rings. The number of aromatic nitrogens is 1. The lowest BCUT2D eigenvalue weighted by molar-refractivity contribution is -0.118. The highest BCUT2D eigenvalue weighted by Gasteiger charge is 2.44. The number of carbonyl (C=O) groups excluding carboxylic acids is 1. The average molecular weight is 538 g/mol. The van der Waals surface area contributed by atoms with Gasteiger partial charge in [-0.05, 0) is 59.1 Å². The molecule has 2 atom stereocenters. The molecule has 10 heteroatoms. The Kier molecular flexibility index (Phi) is 7.11. The van der Waals surface area contributed by atoms with Crippen molar-refractivity contribution in [1.29, 1.82) is 0 Å². The number of hydrogen-bond donors (Lipinski definition) is 3. The molecule has 1 amide bonds. The lowest BCUT2D eigenvalue weighted by atomic mass is 9.75. The molecule has 34 heavy (non-hydrogen) atoms. The smallest absolute Gasteiger partial charge is 0.216 e. The maximum atomic E-state index is 14.7. The van der Waals surface area contributed by atoms with Gasteiger partial charge in [0.2, 0.25) is 5.91 Å². The summed E-state index contributed by atoms with van der Waals surface area (Å²) in [6, 6.07) is 7.89. The molecule has 0 saturated carbocycles. The number of benzene rings is 2. The molecule has 1 saturated heterocycles. The van der Waals surface area contributed by atoms with Crippen LogP contribution in [0.2, 0.25) is 0 Å². The van der Waals surface area contributed by atoms with Gasteiger partial charge in [0.1, 0.15) is 17.1 Å². The molecular formula is C24H23BrF3N3O3. The molecule has 2 heterocycles. The van der Waals surface area contributed by atoms with E-state index in [1.54, 1.807) is 12.1 Å². The largest absolute Gasteiger partial charge is 0.384 e. The highest BCUT2D eigenvalue weighted by Crippen LogP contribution is 2.46. The van der Waals surface area contributed by atoms with Crippen LogP contribution in [0.5, 0.6) is 0 Å². The van der Waals surface area contributed by atoms with Crippen LogP contribution >= 0.6 is 15.9 Å². The minimum Gasteiger partial charge on any atom is -0.384 e. The Hall–Kier alpha value is -2.69. The van der Waals surface area contributed by atoms with Gasteiger partial charge in [-0.2, -0.15) is 0 Å². The topological polar surface area (TPSA) is 87.4 Å². The quantitative estimate of drug-likeness (QED) is 0.439. The number of piperidine rings is 1. The van der Waals surface area contributed by atoms with Crippen molar-refractivity contribution < 1.29 is 27.6 Å². The Labute approximate surface area is 202 Å². The molecule has 0 unspecified atom stereocenters. The monoisotopic (exact) mass is 537 g/mol. The van der Waals surface area contributed by atoms with Crippen LogP contribution in [-0.4, -0.2) is 35.8 Å². The van der Waals surface area contributed by atoms with Crippen LogP contribution in [0.15, 0.2) is 45.4 Å². The fraction of sp³-hybridized carbons (Fsp3) is 0.333. The fourth-order valence-corrected chi connectivity index (χ4v) is 5.00. The second kappa shape index (κ2) is 9.89. The first-order chi connectivity index (χ1) is 16.2. The van der Waals surface area contributed by atoms with Crippen molar-refractivity contribution in [3.05, 3.63) is 75.1 Å². The predicted octanol–water partition coefficient (Wildman–Crippen LogP) is 4.16. The number of carbonyl (C=O) groups is 1. The molecule has 0 spiro atoms. The maximum Gasteiger partial charge on any atom is 0.216 e. The Bertz CT molecular complexity index is 1220. The van der Waals surface area contributed by atoms with Gasteiger partial charge < -0.3 is 20.3 Å². The van der Waals surface area contributed by atoms with Gasteiger partial charge >= 0.3 is 0 Å². The van der Waals surface area contributed by atoms with Gasteiger partial charge in [0.05, 0.1) is 10.4 Å². The van der Waals surface area contributed by atoms with Crippen molar-refractivity contribution in [3.63, 3.8) is 0 Å². The molecular weight excluding hydrogens is 515 g/mol. The molecule has 1 aliphatic rings. The van der Waals surface area contributed by atoms with Crippen LogP contribution in [-0.2, 0) is 16.8 Å². The first-order valence-electron chi connectivity index (χ1n) is 10.8. The average Bonchev–Trinajstić information content (AvgIpc) is 3.17. The molecule has 0 aliphatic carbocycles. The van der Waals surface area contributed by atoms with Crippen molar-refractivity contribution in [2.24, 2.45) is 0 Å². The van der Waals surface area contributed by atoms with E-state index in [1.165, 1.54) is 19.1 Å². The zero-order valence-corrected chi connectivity index (χ0v) is 19.9. The minimum absolute atomic E-state index is 0.220. The highest BCUT2D eigenvalue weighted by atomic mass is 79.9. The Balaban J connectivity index is 1.73. The van der Waals surface area contributed by atoms with E-state index in [-0.39, 0.29) is 36.6 Å². The van der Waals surface area contributed by atoms with Gasteiger partial charge in [-0.1, -0.05) is 23.4 Å². The number of amides is 1. The summed E-state index contributed by atoms with van der Waals surface area (Å²) in [6.45, 7) is 2.39. The SMILES string of the molecule is CC(=O)NCCc1c(F)cccc1-c1onc([C@H]2CNCC[C@]2(O)c2ccc(F)c(F)c2)c1Br. The Morgan fingerprint density at radius 1 is 1.26 bits per heavy atom. The number of rotatable bonds is 6. The van der Waals surface area contributed by atoms with E-state index in [0.29, 0.717) is 34.4 Å². The van der Waals surface area contributed by atoms with Gasteiger partial charge in [-0.3, -0.25) is 4.79 Å². The predicted molar refractivity (Wildman–Crippen MR) is 122 cm³/mol. The molecule has 1 aliphatic heterocycles. The number of nitrogens with one attached hydrogen (secondary N) is 2. The van der Waals surface area contributed by atoms with E-state index in [4.69, 9.17) is 4.52 Å². The van der Waals surface area contributed by atoms with Gasteiger partial charge in [-0.25, -0.2) is 13.2 Å². The zero-order chi connectivity index (χ0) is 24.5. The van der Waals surface area contributed by atoms with Crippen LogP contribution in [0, 0.1) is 17.5 Å². The summed E-state index contributed by atoms with van der Waals surface area (Å²) in [4.78, 5) is 11.2. The molecule has 6 nitrogen and oxygen atoms in total. The van der Waals surface area contributed by atoms with Crippen LogP contribution in [0.3, 0.4) is 0 Å². The van der Waals surface area contributed by atoms with E-state index >= 15 is 0 Å². The summed E-state index contributed by atoms with van der Waals surface area (Å²) in [5.41, 5.74) is -0.136. The van der Waals surface area contributed by atoms with Crippen LogP contribution in [0.4, 0.5) is 13.2 Å². The second-order valence-electron chi connectivity index (χ2n) is 8.27. The first kappa shape index (κ1) is 24.4. The maximum absolute atomic E-state index is 14.7. The lowest BCUT2D eigenvalue weighted by Crippen LogP contribution is -2.47. The fourth-order valence-electron chi connectivity index (χ4n) is 4.37. The number of halogens is 4. The standard InChI is InChI=1S/C24H23BrF3N3O3/c1-13(32)30-9-7-15-16(3-2-4-18(15)26)23-21(25)22(31-34-23)17-12-29-10-8-24(17,33)14-5-6-19(27)20(28)11-14/h2-6,11,17,29,33H,7-10,12H2,1H3,(H,30,32)/t17-,24+/m1/s1. The van der Waals surface area contributed by atoms with E-state index in [2.05, 4.69) is 31.7 Å². The molecule has 0 radical (unpaired) electrons. The lowest BCUT2D eigenvalue weighted by Gasteiger charge is -2.40. The normalized spacial score (nSPS) is 20.4. The Morgan fingerprint density at radius 2 is 2.06 bits per heavy atom. The minimum atomic E-state index is -1.54. The van der Waals surface area contributed by atoms with Gasteiger partial charge in [0.25, 0.3) is 0 Å². The summed E-state index contributed by atoms with van der Waals surface area (Å²) >= 11 is 3.50. The second-order valence-corrected chi connectivity index (χ2v) is 9.06. The number of aliphatic hydroxyl groups is 1. The van der Waals surface area contributed by atoms with Crippen molar-refractivity contribution in [2.45, 2.75) is 31.3 Å². The van der Waals surface area contributed by atoms with Crippen molar-refractivity contribution >= 4 is 21.8 Å². The summed E-state index contributed by atoms with van der Waals surface area (Å²) < 4.78 is 48.2. The van der Waals surface area contributed by atoms with E-state index < -0.39 is 29.0 Å². The van der Waals surface area contributed by atoms with E-state index in [0.717, 1.165) is 12.1 Å². The summed E-state index contributed by atoms with van der Waals surface area (Å²) in [5, 5.41) is 21.6. The van der Waals surface area contributed by atoms with Crippen LogP contribution in [0.1, 0.15) is 36.1 Å². The Morgan fingerprint density at radius 3 is 2.79 bits per heavy atom. The molecule has 0 bridgehead atoms. The van der Waals surface area contributed by atoms with Gasteiger partial charge in [0.15, 0.2) is 17.4 Å². The molecule has 3 N–H and O–H groups in total. The molecule has 1 aromatic heterocycles. The van der Waals surface area contributed by atoms with Gasteiger partial charge in [-0.15, -0.1) is 0 Å². The van der Waals surface area contributed by atoms with Crippen molar-refractivity contribution in [1.82, 2.24) is 15.8 Å². The van der Waals surface area contributed by atoms with Crippen molar-refractivity contribution in [3.8, 4) is 11.3 Å². The summed E-state index contributed by atoms with van der Waals surface area (Å²) in [7, 11) is 0. The first-order valence-corrected chi connectivity index (χ1v) is 11.6. The molecule has 3 aromatic rings. The number of hydrogen-bond acceptors (Lipinski definition) is 5. The van der Waals surface area contributed by atoms with E-state index in [9.17, 15) is 23.1 Å². The van der Waals surface area contributed by atoms with Gasteiger partial charge in [0, 0.05) is 31.1 Å². The molecule has 180 valence electrons. The van der Waals surface area contributed by atoms with Crippen LogP contribution < -0.4 is 10.6 Å². The summed E-state index contributed by atoms with van der Waals surface area (Å²) in [6.07, 6.45) is 0.465. The zero-order valence-electron chi connectivity index (χ0n) is 18.3. The third-order valence-corrected chi connectivity index (χ3v) is 6.90. The van der Waals surface area contributed by atoms with Crippen molar-refractivity contribution in [2.75, 3.05) is 19.6 Å². The third kappa shape index (κ3) is 4.62. The highest BCUT2D eigenvalue weighted by molar-refractivity contribution is 9.10. The summed E-state index contributed by atoms with van der Waals surface area (Å²) in [5.74, 6) is -3.11. The molecule has 2 aromatic carbocycles.